The first-order valence-electron chi connectivity index (χ1n) is 4.92. The average Bonchev–Trinajstić information content (AvgIpc) is 2.16. The van der Waals surface area contributed by atoms with Gasteiger partial charge in [0.05, 0.1) is 19.1 Å². The Bertz CT molecular complexity index is 321. The Morgan fingerprint density at radius 2 is 1.81 bits per heavy atom. The van der Waals surface area contributed by atoms with Crippen LogP contribution in [0.15, 0.2) is 24.3 Å². The van der Waals surface area contributed by atoms with E-state index in [0.29, 0.717) is 5.69 Å². The first-order valence-corrected chi connectivity index (χ1v) is 4.92. The van der Waals surface area contributed by atoms with Crippen molar-refractivity contribution in [1.29, 1.82) is 0 Å². The zero-order valence-corrected chi connectivity index (χ0v) is 8.92. The number of nitrogens with two attached hydrogens (primary N) is 1. The Morgan fingerprint density at radius 3 is 2.31 bits per heavy atom. The fourth-order valence-corrected chi connectivity index (χ4v) is 1.21. The van der Waals surface area contributed by atoms with E-state index in [1.165, 1.54) is 0 Å². The molecular formula is C11H14F3NO. The van der Waals surface area contributed by atoms with Crippen molar-refractivity contribution in [2.75, 3.05) is 12.3 Å². The van der Waals surface area contributed by atoms with Crippen LogP contribution in [-0.4, -0.2) is 12.8 Å². The Kier molecular flexibility index (Phi) is 4.18. The summed E-state index contributed by atoms with van der Waals surface area (Å²) in [5.74, 6) is 0. The van der Waals surface area contributed by atoms with Gasteiger partial charge in [0.15, 0.2) is 0 Å². The van der Waals surface area contributed by atoms with Gasteiger partial charge in [-0.25, -0.2) is 0 Å². The third-order valence-electron chi connectivity index (χ3n) is 2.16. The van der Waals surface area contributed by atoms with E-state index in [9.17, 15) is 13.2 Å². The number of halogens is 3. The zero-order valence-electron chi connectivity index (χ0n) is 8.92. The van der Waals surface area contributed by atoms with E-state index < -0.39 is 12.6 Å². The Hall–Kier alpha value is -1.23. The van der Waals surface area contributed by atoms with E-state index >= 15 is 0 Å². The van der Waals surface area contributed by atoms with Crippen LogP contribution < -0.4 is 5.73 Å². The molecule has 16 heavy (non-hydrogen) atoms. The number of nitrogen functional groups attached to an aromatic ring is 1. The molecule has 0 bridgehead atoms. The van der Waals surface area contributed by atoms with Crippen molar-refractivity contribution < 1.29 is 17.9 Å². The highest BCUT2D eigenvalue weighted by atomic mass is 19.4. The van der Waals surface area contributed by atoms with Crippen LogP contribution in [-0.2, 0) is 4.74 Å². The van der Waals surface area contributed by atoms with Crippen molar-refractivity contribution in [2.45, 2.75) is 25.6 Å². The van der Waals surface area contributed by atoms with E-state index in [2.05, 4.69) is 0 Å². The summed E-state index contributed by atoms with van der Waals surface area (Å²) >= 11 is 0. The molecule has 0 aliphatic carbocycles. The molecule has 0 fully saturated rings. The minimum Gasteiger partial charge on any atom is -0.399 e. The molecule has 1 rings (SSSR count). The number of rotatable bonds is 4. The van der Waals surface area contributed by atoms with Crippen LogP contribution in [0.25, 0.3) is 0 Å². The molecule has 1 atom stereocenters. The van der Waals surface area contributed by atoms with Gasteiger partial charge in [-0.05, 0) is 24.6 Å². The van der Waals surface area contributed by atoms with Gasteiger partial charge in [-0.2, -0.15) is 13.2 Å². The number of anilines is 1. The van der Waals surface area contributed by atoms with Gasteiger partial charge in [-0.1, -0.05) is 12.1 Å². The Balaban J connectivity index is 2.41. The summed E-state index contributed by atoms with van der Waals surface area (Å²) in [6, 6.07) is 6.87. The summed E-state index contributed by atoms with van der Waals surface area (Å²) in [4.78, 5) is 0. The van der Waals surface area contributed by atoms with Gasteiger partial charge in [-0.15, -0.1) is 0 Å². The number of benzene rings is 1. The Morgan fingerprint density at radius 1 is 1.25 bits per heavy atom. The van der Waals surface area contributed by atoms with Gasteiger partial charge in [0.2, 0.25) is 0 Å². The monoisotopic (exact) mass is 233 g/mol. The maximum atomic E-state index is 11.9. The van der Waals surface area contributed by atoms with Crippen LogP contribution in [0.5, 0.6) is 0 Å². The first kappa shape index (κ1) is 12.8. The first-order chi connectivity index (χ1) is 7.38. The molecule has 0 radical (unpaired) electrons. The van der Waals surface area contributed by atoms with Crippen molar-refractivity contribution in [1.82, 2.24) is 0 Å². The highest BCUT2D eigenvalue weighted by molar-refractivity contribution is 5.39. The molecule has 0 aromatic heterocycles. The second-order valence-corrected chi connectivity index (χ2v) is 3.54. The van der Waals surface area contributed by atoms with E-state index in [1.54, 1.807) is 31.2 Å². The van der Waals surface area contributed by atoms with Crippen LogP contribution in [0.2, 0.25) is 0 Å². The largest absolute Gasteiger partial charge is 0.399 e. The van der Waals surface area contributed by atoms with Crippen molar-refractivity contribution in [3.8, 4) is 0 Å². The molecule has 2 N–H and O–H groups in total. The molecule has 1 aromatic rings. The molecular weight excluding hydrogens is 219 g/mol. The van der Waals surface area contributed by atoms with Crippen molar-refractivity contribution in [3.05, 3.63) is 29.8 Å². The smallest absolute Gasteiger partial charge is 0.391 e. The van der Waals surface area contributed by atoms with Gasteiger partial charge >= 0.3 is 6.18 Å². The van der Waals surface area contributed by atoms with Gasteiger partial charge in [0.25, 0.3) is 0 Å². The fourth-order valence-electron chi connectivity index (χ4n) is 1.21. The van der Waals surface area contributed by atoms with Crippen LogP contribution >= 0.6 is 0 Å². The van der Waals surface area contributed by atoms with E-state index in [4.69, 9.17) is 10.5 Å². The third kappa shape index (κ3) is 4.53. The predicted molar refractivity (Wildman–Crippen MR) is 55.9 cm³/mol. The second kappa shape index (κ2) is 5.21. The normalized spacial score (nSPS) is 13.8. The van der Waals surface area contributed by atoms with E-state index in [0.717, 1.165) is 5.56 Å². The zero-order chi connectivity index (χ0) is 12.2. The third-order valence-corrected chi connectivity index (χ3v) is 2.16. The number of hydrogen-bond acceptors (Lipinski definition) is 2. The summed E-state index contributed by atoms with van der Waals surface area (Å²) < 4.78 is 40.7. The SMILES string of the molecule is CC(OCCC(F)(F)F)c1ccc(N)cc1. The van der Waals surface area contributed by atoms with Gasteiger partial charge in [-0.3, -0.25) is 0 Å². The summed E-state index contributed by atoms with van der Waals surface area (Å²) in [5, 5.41) is 0. The van der Waals surface area contributed by atoms with Gasteiger partial charge < -0.3 is 10.5 Å². The predicted octanol–water partition coefficient (Wildman–Crippen LogP) is 3.30. The quantitative estimate of drug-likeness (QED) is 0.810. The topological polar surface area (TPSA) is 35.2 Å². The summed E-state index contributed by atoms with van der Waals surface area (Å²) in [6.07, 6.45) is -5.45. The molecule has 1 aromatic carbocycles. The van der Waals surface area contributed by atoms with Crippen molar-refractivity contribution in [2.24, 2.45) is 0 Å². The lowest BCUT2D eigenvalue weighted by Gasteiger charge is -2.14. The van der Waals surface area contributed by atoms with Gasteiger partial charge in [0, 0.05) is 5.69 Å². The van der Waals surface area contributed by atoms with Crippen LogP contribution in [0.4, 0.5) is 18.9 Å². The molecule has 0 saturated heterocycles. The highest BCUT2D eigenvalue weighted by Gasteiger charge is 2.26. The lowest BCUT2D eigenvalue weighted by Crippen LogP contribution is -2.12. The molecule has 0 heterocycles. The molecule has 0 amide bonds. The maximum Gasteiger partial charge on any atom is 0.391 e. The lowest BCUT2D eigenvalue weighted by atomic mass is 10.1. The van der Waals surface area contributed by atoms with Gasteiger partial charge in [0.1, 0.15) is 0 Å². The molecule has 0 aliphatic rings. The lowest BCUT2D eigenvalue weighted by molar-refractivity contribution is -0.148. The number of alkyl halides is 3. The molecule has 0 aliphatic heterocycles. The molecule has 0 spiro atoms. The molecule has 90 valence electrons. The minimum absolute atomic E-state index is 0.324. The Labute approximate surface area is 92.2 Å². The van der Waals surface area contributed by atoms with E-state index in [1.807, 2.05) is 0 Å². The maximum absolute atomic E-state index is 11.9. The molecule has 1 unspecified atom stereocenters. The molecule has 2 nitrogen and oxygen atoms in total. The van der Waals surface area contributed by atoms with Crippen molar-refractivity contribution >= 4 is 5.69 Å². The minimum atomic E-state index is -4.17. The fraction of sp³-hybridized carbons (Fsp3) is 0.455. The standard InChI is InChI=1S/C11H14F3NO/c1-8(16-7-6-11(12,13)14)9-2-4-10(15)5-3-9/h2-5,8H,6-7,15H2,1H3. The highest BCUT2D eigenvalue weighted by Crippen LogP contribution is 2.22. The summed E-state index contributed by atoms with van der Waals surface area (Å²) in [6.45, 7) is 1.39. The average molecular weight is 233 g/mol. The second-order valence-electron chi connectivity index (χ2n) is 3.54. The van der Waals surface area contributed by atoms with E-state index in [-0.39, 0.29) is 12.7 Å². The van der Waals surface area contributed by atoms with Crippen LogP contribution in [0.1, 0.15) is 25.0 Å². The number of hydrogen-bond donors (Lipinski definition) is 1. The molecule has 0 saturated carbocycles. The summed E-state index contributed by atoms with van der Waals surface area (Å²) in [7, 11) is 0. The number of ether oxygens (including phenoxy) is 1. The summed E-state index contributed by atoms with van der Waals surface area (Å²) in [5.41, 5.74) is 6.93. The van der Waals surface area contributed by atoms with Crippen LogP contribution in [0, 0.1) is 0 Å². The van der Waals surface area contributed by atoms with Crippen molar-refractivity contribution in [3.63, 3.8) is 0 Å². The molecule has 5 heteroatoms. The van der Waals surface area contributed by atoms with Crippen LogP contribution in [0.3, 0.4) is 0 Å².